The number of para-hydroxylation sites is 1. The number of hydrogen-bond donors (Lipinski definition) is 0. The minimum Gasteiger partial charge on any atom is -0.497 e. The van der Waals surface area contributed by atoms with Crippen molar-refractivity contribution in [2.75, 3.05) is 20.3 Å². The summed E-state index contributed by atoms with van der Waals surface area (Å²) in [6.07, 6.45) is 5.66. The number of carbonyl (C=O) groups is 1. The van der Waals surface area contributed by atoms with E-state index in [-0.39, 0.29) is 5.91 Å². The highest BCUT2D eigenvalue weighted by molar-refractivity contribution is 8.26. The summed E-state index contributed by atoms with van der Waals surface area (Å²) in [5.41, 5.74) is 2.08. The smallest absolute Gasteiger partial charge is 0.266 e. The van der Waals surface area contributed by atoms with E-state index in [4.69, 9.17) is 21.7 Å². The van der Waals surface area contributed by atoms with Crippen LogP contribution in [0.4, 0.5) is 0 Å². The summed E-state index contributed by atoms with van der Waals surface area (Å²) >= 11 is 6.68. The molecule has 0 aliphatic carbocycles. The number of rotatable bonds is 8. The zero-order chi connectivity index (χ0) is 21.8. The van der Waals surface area contributed by atoms with Gasteiger partial charge in [0.1, 0.15) is 22.4 Å². The van der Waals surface area contributed by atoms with Crippen molar-refractivity contribution in [2.45, 2.75) is 6.54 Å². The van der Waals surface area contributed by atoms with Gasteiger partial charge in [-0.1, -0.05) is 48.3 Å². The number of fused-ring (bicyclic) bond motifs is 1. The lowest BCUT2D eigenvalue weighted by molar-refractivity contribution is -0.121. The van der Waals surface area contributed by atoms with Gasteiger partial charge in [0.05, 0.1) is 18.6 Å². The number of thiocarbonyl (C=S) groups is 1. The first-order valence-electron chi connectivity index (χ1n) is 9.81. The van der Waals surface area contributed by atoms with Crippen LogP contribution in [0.15, 0.2) is 72.3 Å². The van der Waals surface area contributed by atoms with E-state index in [0.29, 0.717) is 28.9 Å². The monoisotopic (exact) mass is 450 g/mol. The number of ether oxygens (including phenoxy) is 2. The maximum absolute atomic E-state index is 12.7. The summed E-state index contributed by atoms with van der Waals surface area (Å²) in [6, 6.07) is 15.7. The molecule has 0 unspecified atom stereocenters. The molecule has 0 bridgehead atoms. The predicted octanol–water partition coefficient (Wildman–Crippen LogP) is 5.12. The molecule has 2 heterocycles. The van der Waals surface area contributed by atoms with E-state index in [1.807, 2.05) is 42.5 Å². The first-order valence-corrected chi connectivity index (χ1v) is 11.0. The molecule has 1 aromatic heterocycles. The van der Waals surface area contributed by atoms with Gasteiger partial charge in [0, 0.05) is 29.2 Å². The van der Waals surface area contributed by atoms with Crippen LogP contribution >= 0.6 is 24.0 Å². The molecule has 2 aromatic carbocycles. The van der Waals surface area contributed by atoms with Crippen molar-refractivity contribution in [1.29, 1.82) is 0 Å². The molecule has 1 aliphatic heterocycles. The molecule has 3 aromatic rings. The van der Waals surface area contributed by atoms with Gasteiger partial charge < -0.3 is 14.0 Å². The van der Waals surface area contributed by atoms with Gasteiger partial charge in [0.2, 0.25) is 0 Å². The molecule has 0 N–H and O–H groups in total. The molecule has 1 fully saturated rings. The Bertz CT molecular complexity index is 1170. The van der Waals surface area contributed by atoms with E-state index in [9.17, 15) is 4.79 Å². The van der Waals surface area contributed by atoms with Crippen molar-refractivity contribution >= 4 is 51.2 Å². The zero-order valence-corrected chi connectivity index (χ0v) is 18.7. The van der Waals surface area contributed by atoms with E-state index in [1.54, 1.807) is 18.1 Å². The Morgan fingerprint density at radius 2 is 1.87 bits per heavy atom. The highest BCUT2D eigenvalue weighted by atomic mass is 32.2. The van der Waals surface area contributed by atoms with Crippen molar-refractivity contribution in [3.05, 3.63) is 77.9 Å². The highest BCUT2D eigenvalue weighted by Crippen LogP contribution is 2.34. The van der Waals surface area contributed by atoms with Crippen molar-refractivity contribution in [1.82, 2.24) is 9.47 Å². The Balaban J connectivity index is 1.54. The van der Waals surface area contributed by atoms with Crippen LogP contribution in [0.5, 0.6) is 11.5 Å². The zero-order valence-electron chi connectivity index (χ0n) is 17.1. The average molecular weight is 451 g/mol. The Kier molecular flexibility index (Phi) is 6.44. The summed E-state index contributed by atoms with van der Waals surface area (Å²) in [5, 5.41) is 1.08. The van der Waals surface area contributed by atoms with Crippen LogP contribution < -0.4 is 9.47 Å². The van der Waals surface area contributed by atoms with Crippen LogP contribution in [0.2, 0.25) is 0 Å². The molecule has 4 rings (SSSR count). The molecular formula is C24H22N2O3S2. The molecule has 31 heavy (non-hydrogen) atoms. The standard InChI is InChI=1S/C24H22N2O3S2/c1-3-12-26-23(27)22(31-24(26)30)15-17-16-25(21-7-5-4-6-20(17)21)13-14-29-19-10-8-18(28-2)9-11-19/h3-11,15-16H,1,12-14H2,2H3. The minimum atomic E-state index is -0.0745. The summed E-state index contributed by atoms with van der Waals surface area (Å²) in [5.74, 6) is 1.52. The topological polar surface area (TPSA) is 43.7 Å². The maximum atomic E-state index is 12.7. The normalized spacial score (nSPS) is 15.1. The Morgan fingerprint density at radius 3 is 2.61 bits per heavy atom. The van der Waals surface area contributed by atoms with Crippen LogP contribution in [0.1, 0.15) is 5.56 Å². The van der Waals surface area contributed by atoms with E-state index in [0.717, 1.165) is 28.0 Å². The lowest BCUT2D eigenvalue weighted by Gasteiger charge is -2.10. The average Bonchev–Trinajstić information content (AvgIpc) is 3.27. The number of aromatic nitrogens is 1. The van der Waals surface area contributed by atoms with Gasteiger partial charge in [-0.25, -0.2) is 0 Å². The third kappa shape index (κ3) is 4.52. The number of thioether (sulfide) groups is 1. The highest BCUT2D eigenvalue weighted by Gasteiger charge is 2.31. The fraction of sp³-hybridized carbons (Fsp3) is 0.167. The van der Waals surface area contributed by atoms with Gasteiger partial charge in [0.25, 0.3) is 5.91 Å². The van der Waals surface area contributed by atoms with Crippen LogP contribution in [0, 0.1) is 0 Å². The number of methoxy groups -OCH3 is 1. The lowest BCUT2D eigenvalue weighted by Crippen LogP contribution is -2.27. The van der Waals surface area contributed by atoms with Crippen LogP contribution in [-0.4, -0.2) is 40.0 Å². The molecule has 5 nitrogen and oxygen atoms in total. The summed E-state index contributed by atoms with van der Waals surface area (Å²) < 4.78 is 13.8. The van der Waals surface area contributed by atoms with Crippen LogP contribution in [0.25, 0.3) is 17.0 Å². The molecular weight excluding hydrogens is 428 g/mol. The quantitative estimate of drug-likeness (QED) is 0.271. The third-order valence-electron chi connectivity index (χ3n) is 4.95. The molecule has 1 amide bonds. The first kappa shape index (κ1) is 21.2. The van der Waals surface area contributed by atoms with E-state index in [2.05, 4.69) is 29.5 Å². The van der Waals surface area contributed by atoms with Gasteiger partial charge in [-0.2, -0.15) is 0 Å². The Morgan fingerprint density at radius 1 is 1.13 bits per heavy atom. The third-order valence-corrected chi connectivity index (χ3v) is 6.33. The molecule has 0 atom stereocenters. The summed E-state index contributed by atoms with van der Waals surface area (Å²) in [4.78, 5) is 14.9. The fourth-order valence-corrected chi connectivity index (χ4v) is 4.70. The van der Waals surface area contributed by atoms with Crippen molar-refractivity contribution in [3.8, 4) is 11.5 Å². The number of carbonyl (C=O) groups excluding carboxylic acids is 1. The fourth-order valence-electron chi connectivity index (χ4n) is 3.44. The number of nitrogens with zero attached hydrogens (tertiary/aromatic N) is 2. The van der Waals surface area contributed by atoms with Gasteiger partial charge in [-0.15, -0.1) is 6.58 Å². The van der Waals surface area contributed by atoms with E-state index < -0.39 is 0 Å². The molecule has 158 valence electrons. The SMILES string of the molecule is C=CCN1C(=O)C(=Cc2cn(CCOc3ccc(OC)cc3)c3ccccc23)SC1=S. The molecule has 0 saturated carbocycles. The molecule has 1 saturated heterocycles. The summed E-state index contributed by atoms with van der Waals surface area (Å²) in [7, 11) is 1.64. The summed E-state index contributed by atoms with van der Waals surface area (Å²) in [6.45, 7) is 5.32. The van der Waals surface area contributed by atoms with Crippen molar-refractivity contribution < 1.29 is 14.3 Å². The van der Waals surface area contributed by atoms with E-state index >= 15 is 0 Å². The van der Waals surface area contributed by atoms with E-state index in [1.165, 1.54) is 11.8 Å². The van der Waals surface area contributed by atoms with Crippen LogP contribution in [0.3, 0.4) is 0 Å². The molecule has 7 heteroatoms. The van der Waals surface area contributed by atoms with Gasteiger partial charge in [-0.05, 0) is 36.4 Å². The van der Waals surface area contributed by atoms with Crippen molar-refractivity contribution in [2.24, 2.45) is 0 Å². The second-order valence-corrected chi connectivity index (χ2v) is 8.58. The van der Waals surface area contributed by atoms with Crippen molar-refractivity contribution in [3.63, 3.8) is 0 Å². The predicted molar refractivity (Wildman–Crippen MR) is 131 cm³/mol. The minimum absolute atomic E-state index is 0.0745. The first-order chi connectivity index (χ1) is 15.1. The maximum Gasteiger partial charge on any atom is 0.266 e. The Hall–Kier alpha value is -3.03. The molecule has 0 radical (unpaired) electrons. The largest absolute Gasteiger partial charge is 0.497 e. The number of amides is 1. The molecule has 1 aliphatic rings. The van der Waals surface area contributed by atoms with Gasteiger partial charge >= 0.3 is 0 Å². The lowest BCUT2D eigenvalue weighted by atomic mass is 10.1. The van der Waals surface area contributed by atoms with Gasteiger partial charge in [-0.3, -0.25) is 9.69 Å². The number of benzene rings is 2. The van der Waals surface area contributed by atoms with Gasteiger partial charge in [0.15, 0.2) is 0 Å². The second-order valence-electron chi connectivity index (χ2n) is 6.90. The number of hydrogen-bond acceptors (Lipinski definition) is 5. The van der Waals surface area contributed by atoms with Crippen LogP contribution in [-0.2, 0) is 11.3 Å². The second kappa shape index (κ2) is 9.41. The molecule has 0 spiro atoms. The Labute approximate surface area is 190 Å².